The van der Waals surface area contributed by atoms with Crippen molar-refractivity contribution < 1.29 is 24.2 Å². The molecule has 2 amide bonds. The van der Waals surface area contributed by atoms with E-state index in [1.807, 2.05) is 24.3 Å². The molecular weight excluding hydrogens is 723 g/mol. The van der Waals surface area contributed by atoms with Crippen LogP contribution in [0.15, 0.2) is 72.8 Å². The Morgan fingerprint density at radius 1 is 0.672 bits per heavy atom. The highest BCUT2D eigenvalue weighted by Crippen LogP contribution is 2.42. The molecule has 0 aromatic heterocycles. The summed E-state index contributed by atoms with van der Waals surface area (Å²) in [6, 6.07) is 25.1. The lowest BCUT2D eigenvalue weighted by Gasteiger charge is -2.43. The molecule has 0 saturated carbocycles. The summed E-state index contributed by atoms with van der Waals surface area (Å²) in [7, 11) is 0. The Bertz CT molecular complexity index is 1560. The van der Waals surface area contributed by atoms with Gasteiger partial charge in [0.1, 0.15) is 0 Å². The third-order valence-corrected chi connectivity index (χ3v) is 11.6. The minimum atomic E-state index is -0.505. The number of aliphatic hydroxyl groups is 1. The van der Waals surface area contributed by atoms with Gasteiger partial charge in [0.25, 0.3) is 0 Å². The number of benzene rings is 3. The average molecular weight is 798 g/mol. The zero-order chi connectivity index (χ0) is 41.4. The third kappa shape index (κ3) is 17.0. The number of hydrogen-bond acceptors (Lipinski definition) is 6. The molecule has 3 aromatic rings. The van der Waals surface area contributed by atoms with Gasteiger partial charge in [0, 0.05) is 44.5 Å². The van der Waals surface area contributed by atoms with Crippen LogP contribution < -0.4 is 10.6 Å². The quantitative estimate of drug-likeness (QED) is 0.0633. The molecule has 0 aliphatic carbocycles. The molecule has 8 heteroatoms. The maximum Gasteiger partial charge on any atom is 0.220 e. The van der Waals surface area contributed by atoms with E-state index in [9.17, 15) is 14.7 Å². The highest BCUT2D eigenvalue weighted by atomic mass is 16.7. The lowest BCUT2D eigenvalue weighted by atomic mass is 9.89. The van der Waals surface area contributed by atoms with Gasteiger partial charge in [0.2, 0.25) is 11.8 Å². The fourth-order valence-electron chi connectivity index (χ4n) is 7.94. The summed E-state index contributed by atoms with van der Waals surface area (Å²) in [5, 5.41) is 15.6. The number of amides is 2. The van der Waals surface area contributed by atoms with Gasteiger partial charge in [-0.05, 0) is 72.7 Å². The van der Waals surface area contributed by atoms with Crippen molar-refractivity contribution in [3.63, 3.8) is 0 Å². The lowest BCUT2D eigenvalue weighted by molar-refractivity contribution is -0.276. The molecule has 1 fully saturated rings. The highest BCUT2D eigenvalue weighted by Gasteiger charge is 2.39. The van der Waals surface area contributed by atoms with Crippen molar-refractivity contribution in [1.29, 1.82) is 0 Å². The maximum atomic E-state index is 12.5. The van der Waals surface area contributed by atoms with Gasteiger partial charge in [-0.3, -0.25) is 9.59 Å². The van der Waals surface area contributed by atoms with Gasteiger partial charge in [-0.25, -0.2) is 0 Å². The molecule has 4 atom stereocenters. The predicted molar refractivity (Wildman–Crippen MR) is 237 cm³/mol. The molecule has 4 rings (SSSR count). The average Bonchev–Trinajstić information content (AvgIpc) is 3.24. The molecule has 0 unspecified atom stereocenters. The van der Waals surface area contributed by atoms with E-state index in [2.05, 4.69) is 84.8 Å². The van der Waals surface area contributed by atoms with Crippen molar-refractivity contribution in [3.8, 4) is 11.1 Å². The highest BCUT2D eigenvalue weighted by molar-refractivity contribution is 5.76. The van der Waals surface area contributed by atoms with Gasteiger partial charge in [-0.1, -0.05) is 158 Å². The van der Waals surface area contributed by atoms with Crippen LogP contribution in [0.1, 0.15) is 165 Å². The van der Waals surface area contributed by atoms with Crippen molar-refractivity contribution in [2.24, 2.45) is 5.92 Å². The Morgan fingerprint density at radius 3 is 1.93 bits per heavy atom. The molecule has 320 valence electrons. The summed E-state index contributed by atoms with van der Waals surface area (Å²) < 4.78 is 13.8. The molecule has 1 saturated heterocycles. The molecular formula is C50H75N3O5. The second-order valence-corrected chi connectivity index (χ2v) is 16.6. The third-order valence-electron chi connectivity index (χ3n) is 11.6. The van der Waals surface area contributed by atoms with Crippen LogP contribution in [0.2, 0.25) is 0 Å². The van der Waals surface area contributed by atoms with Crippen LogP contribution in [0.5, 0.6) is 0 Å². The zero-order valence-electron chi connectivity index (χ0n) is 36.3. The molecule has 1 aliphatic heterocycles. The molecule has 3 N–H and O–H groups in total. The zero-order valence-corrected chi connectivity index (χ0v) is 36.3. The smallest absolute Gasteiger partial charge is 0.220 e. The second-order valence-electron chi connectivity index (χ2n) is 16.6. The van der Waals surface area contributed by atoms with E-state index in [1.54, 1.807) is 0 Å². The van der Waals surface area contributed by atoms with Crippen LogP contribution in [0.3, 0.4) is 0 Å². The summed E-state index contributed by atoms with van der Waals surface area (Å²) in [6.45, 7) is 12.6. The van der Waals surface area contributed by atoms with Gasteiger partial charge < -0.3 is 30.1 Å². The van der Waals surface area contributed by atoms with Crippen molar-refractivity contribution in [1.82, 2.24) is 15.5 Å². The number of aliphatic hydroxyl groups excluding tert-OH is 1. The first-order chi connectivity index (χ1) is 28.3. The summed E-state index contributed by atoms with van der Waals surface area (Å²) in [5.74, 6) is 0.173. The fourth-order valence-corrected chi connectivity index (χ4v) is 7.94. The van der Waals surface area contributed by atoms with E-state index in [4.69, 9.17) is 9.47 Å². The standard InChI is InChI=1S/C50H75N3O5/c1-5-7-9-11-13-18-33-53(34-19-14-12-10-8-6-2)37-47-39(3)49(44-26-24-41(38-54)25-27-44)58-50(57-47)45-30-28-43(29-31-45)46-22-20-21-42(35-46)36-52-48(56)23-16-15-17-32-51-40(4)55/h20-22,24-31,35,39,47,49-50,54H,5-19,23,32-34,36-38H2,1-4H3,(H,51,55)(H,52,56)/t39-,47+,49+,50+/m0/s1. The van der Waals surface area contributed by atoms with E-state index in [1.165, 1.54) is 84.0 Å². The van der Waals surface area contributed by atoms with Gasteiger partial charge in [0.05, 0.1) is 18.8 Å². The van der Waals surface area contributed by atoms with E-state index < -0.39 is 6.29 Å². The number of carbonyl (C=O) groups excluding carboxylic acids is 2. The number of nitrogens with one attached hydrogen (secondary N) is 2. The van der Waals surface area contributed by atoms with E-state index >= 15 is 0 Å². The first-order valence-corrected chi connectivity index (χ1v) is 22.7. The Kier molecular flexibility index (Phi) is 22.1. The molecule has 58 heavy (non-hydrogen) atoms. The Morgan fingerprint density at radius 2 is 1.29 bits per heavy atom. The predicted octanol–water partition coefficient (Wildman–Crippen LogP) is 11.0. The Hall–Kier alpha value is -3.56. The number of rotatable bonds is 28. The Labute approximate surface area is 350 Å². The van der Waals surface area contributed by atoms with Gasteiger partial charge >= 0.3 is 0 Å². The van der Waals surface area contributed by atoms with Crippen molar-refractivity contribution in [3.05, 3.63) is 95.1 Å². The normalized spacial score (nSPS) is 18.0. The Balaban J connectivity index is 1.43. The molecule has 3 aromatic carbocycles. The number of carbonyl (C=O) groups is 2. The number of nitrogens with zero attached hydrogens (tertiary/aromatic N) is 1. The number of hydrogen-bond donors (Lipinski definition) is 3. The molecule has 0 radical (unpaired) electrons. The number of ether oxygens (including phenoxy) is 2. The molecule has 1 heterocycles. The topological polar surface area (TPSA) is 100 Å². The van der Waals surface area contributed by atoms with Crippen LogP contribution >= 0.6 is 0 Å². The fraction of sp³-hybridized carbons (Fsp3) is 0.600. The monoisotopic (exact) mass is 798 g/mol. The van der Waals surface area contributed by atoms with Gasteiger partial charge in [0.15, 0.2) is 6.29 Å². The maximum absolute atomic E-state index is 12.5. The molecule has 0 bridgehead atoms. The minimum Gasteiger partial charge on any atom is -0.392 e. The van der Waals surface area contributed by atoms with E-state index in [0.717, 1.165) is 72.3 Å². The van der Waals surface area contributed by atoms with E-state index in [-0.39, 0.29) is 36.5 Å². The van der Waals surface area contributed by atoms with Gasteiger partial charge in [-0.15, -0.1) is 0 Å². The second kappa shape index (κ2) is 27.2. The van der Waals surface area contributed by atoms with Crippen LogP contribution in [-0.2, 0) is 32.2 Å². The summed E-state index contributed by atoms with van der Waals surface area (Å²) >= 11 is 0. The number of unbranched alkanes of at least 4 members (excludes halogenated alkanes) is 12. The summed E-state index contributed by atoms with van der Waals surface area (Å²) in [4.78, 5) is 26.2. The summed E-state index contributed by atoms with van der Waals surface area (Å²) in [5.41, 5.74) is 6.25. The SMILES string of the molecule is CCCCCCCCN(CCCCCCCC)C[C@H]1O[C@@H](c2ccc(-c3cccc(CNC(=O)CCCCCNC(C)=O)c3)cc2)O[C@@H](c2ccc(CO)cc2)[C@H]1C. The van der Waals surface area contributed by atoms with Crippen LogP contribution in [0.25, 0.3) is 11.1 Å². The van der Waals surface area contributed by atoms with Crippen molar-refractivity contribution in [2.75, 3.05) is 26.2 Å². The van der Waals surface area contributed by atoms with Crippen molar-refractivity contribution in [2.45, 2.75) is 162 Å². The minimum absolute atomic E-state index is 0.00300. The van der Waals surface area contributed by atoms with Crippen LogP contribution in [-0.4, -0.2) is 54.1 Å². The van der Waals surface area contributed by atoms with Crippen molar-refractivity contribution >= 4 is 11.8 Å². The largest absolute Gasteiger partial charge is 0.392 e. The first-order valence-electron chi connectivity index (χ1n) is 22.7. The van der Waals surface area contributed by atoms with E-state index in [0.29, 0.717) is 19.5 Å². The van der Waals surface area contributed by atoms with Crippen LogP contribution in [0, 0.1) is 5.92 Å². The first kappa shape index (κ1) is 47.1. The lowest BCUT2D eigenvalue weighted by Crippen LogP contribution is -2.45. The van der Waals surface area contributed by atoms with Crippen LogP contribution in [0.4, 0.5) is 0 Å². The van der Waals surface area contributed by atoms with Gasteiger partial charge in [-0.2, -0.15) is 0 Å². The molecule has 8 nitrogen and oxygen atoms in total. The molecule has 0 spiro atoms. The molecule has 1 aliphatic rings. The summed E-state index contributed by atoms with van der Waals surface area (Å²) in [6.07, 6.45) is 18.0.